The van der Waals surface area contributed by atoms with E-state index in [1.165, 1.54) is 0 Å². The molecule has 6 atom stereocenters. The van der Waals surface area contributed by atoms with Crippen molar-refractivity contribution in [3.63, 3.8) is 0 Å². The summed E-state index contributed by atoms with van der Waals surface area (Å²) in [7, 11) is -2.87. The number of anilines is 2. The smallest absolute Gasteiger partial charge is 0.264 e. The Hall–Kier alpha value is -3.68. The molecule has 0 saturated carbocycles. The number of nitrogens with one attached hydrogen (secondary N) is 2. The van der Waals surface area contributed by atoms with Gasteiger partial charge in [0.15, 0.2) is 13.9 Å². The molecule has 3 aliphatic rings. The molecule has 2 aromatic carbocycles. The van der Waals surface area contributed by atoms with Gasteiger partial charge in [0.2, 0.25) is 5.91 Å². The first-order chi connectivity index (χ1) is 22.1. The summed E-state index contributed by atoms with van der Waals surface area (Å²) in [4.78, 5) is 40.7. The Morgan fingerprint density at radius 3 is 2.74 bits per heavy atom. The van der Waals surface area contributed by atoms with Crippen LogP contribution in [0.2, 0.25) is 18.6 Å². The van der Waals surface area contributed by atoms with Crippen LogP contribution in [-0.4, -0.2) is 76.9 Å². The maximum absolute atomic E-state index is 14.4. The lowest BCUT2D eigenvalue weighted by molar-refractivity contribution is -0.145. The van der Waals surface area contributed by atoms with E-state index >= 15 is 0 Å². The average molecular weight is 645 g/mol. The molecule has 0 bridgehead atoms. The van der Waals surface area contributed by atoms with E-state index in [0.717, 1.165) is 30.6 Å². The van der Waals surface area contributed by atoms with Gasteiger partial charge in [-0.1, -0.05) is 48.5 Å². The third-order valence-corrected chi connectivity index (χ3v) is 12.4. The van der Waals surface area contributed by atoms with Gasteiger partial charge in [-0.15, -0.1) is 11.7 Å². The zero-order valence-electron chi connectivity index (χ0n) is 26.7. The summed E-state index contributed by atoms with van der Waals surface area (Å²) in [5, 5.41) is 25.1. The van der Waals surface area contributed by atoms with Crippen molar-refractivity contribution in [2.45, 2.75) is 75.0 Å². The number of carbonyl (C=O) groups excluding carboxylic acids is 2. The van der Waals surface area contributed by atoms with Crippen LogP contribution >= 0.6 is 0 Å². The molecule has 3 aromatic rings. The van der Waals surface area contributed by atoms with Gasteiger partial charge in [0, 0.05) is 42.0 Å². The average Bonchev–Trinajstić information content (AvgIpc) is 3.82. The summed E-state index contributed by atoms with van der Waals surface area (Å²) in [6.07, 6.45) is 5.34. The van der Waals surface area contributed by atoms with Crippen LogP contribution in [0.15, 0.2) is 67.4 Å². The van der Waals surface area contributed by atoms with Crippen molar-refractivity contribution in [3.8, 4) is 0 Å². The highest BCUT2D eigenvalue weighted by Gasteiger charge is 2.66. The van der Waals surface area contributed by atoms with Gasteiger partial charge in [-0.25, -0.2) is 0 Å². The maximum Gasteiger partial charge on any atom is 0.264 e. The molecule has 0 aliphatic carbocycles. The van der Waals surface area contributed by atoms with Crippen LogP contribution in [0.3, 0.4) is 0 Å². The van der Waals surface area contributed by atoms with Gasteiger partial charge in [-0.3, -0.25) is 14.3 Å². The highest BCUT2D eigenvalue weighted by Crippen LogP contribution is 2.60. The van der Waals surface area contributed by atoms with Crippen LogP contribution in [0.5, 0.6) is 0 Å². The van der Waals surface area contributed by atoms with E-state index in [9.17, 15) is 19.5 Å². The molecule has 11 nitrogen and oxygen atoms in total. The fourth-order valence-corrected chi connectivity index (χ4v) is 10.4. The maximum atomic E-state index is 14.4. The molecule has 2 amide bonds. The van der Waals surface area contributed by atoms with Gasteiger partial charge in [0.25, 0.3) is 5.91 Å². The Bertz CT molecular complexity index is 1590. The van der Waals surface area contributed by atoms with E-state index in [2.05, 4.69) is 27.5 Å². The predicted molar refractivity (Wildman–Crippen MR) is 178 cm³/mol. The van der Waals surface area contributed by atoms with Gasteiger partial charge < -0.3 is 30.2 Å². The van der Waals surface area contributed by atoms with Crippen LogP contribution in [0.25, 0.3) is 0 Å². The number of aliphatic hydroxyl groups excluding tert-OH is 1. The zero-order chi connectivity index (χ0) is 32.6. The number of aliphatic hydroxyl groups is 1. The number of hydrogen-bond acceptors (Lipinski definition) is 8. The summed E-state index contributed by atoms with van der Waals surface area (Å²) in [5.41, 5.74) is 2.07. The number of rotatable bonds is 11. The molecule has 1 aromatic heterocycles. The highest BCUT2D eigenvalue weighted by atomic mass is 28.4. The van der Waals surface area contributed by atoms with E-state index in [1.807, 2.05) is 74.7 Å². The minimum atomic E-state index is -2.87. The lowest BCUT2D eigenvalue weighted by Gasteiger charge is -2.32. The minimum absolute atomic E-state index is 0.0941. The molecule has 244 valence electrons. The highest BCUT2D eigenvalue weighted by molar-refractivity contribution is 6.71. The fraction of sp³-hybridized carbons (Fsp3) is 0.471. The Kier molecular flexibility index (Phi) is 9.01. The summed E-state index contributed by atoms with van der Waals surface area (Å²) >= 11 is 0. The second-order valence-corrected chi connectivity index (χ2v) is 17.2. The molecule has 4 N–H and O–H groups in total. The number of aromatic nitrogens is 3. The number of aryl methyl sites for hydroxylation is 1. The quantitative estimate of drug-likeness (QED) is 0.184. The van der Waals surface area contributed by atoms with Crippen LogP contribution in [0, 0.1) is 5.92 Å². The summed E-state index contributed by atoms with van der Waals surface area (Å²) in [6.45, 7) is 11.2. The van der Waals surface area contributed by atoms with Gasteiger partial charge in [-0.05, 0) is 62.7 Å². The molecule has 12 heteroatoms. The first kappa shape index (κ1) is 32.3. The van der Waals surface area contributed by atoms with Crippen molar-refractivity contribution >= 4 is 31.5 Å². The largest absolute Gasteiger partial charge is 0.432 e. The fourth-order valence-electron chi connectivity index (χ4n) is 7.77. The number of fused-ring (bicyclic) bond motifs is 2. The van der Waals surface area contributed by atoms with Gasteiger partial charge in [0.05, 0.1) is 36.1 Å². The molecule has 46 heavy (non-hydrogen) atoms. The summed E-state index contributed by atoms with van der Waals surface area (Å²) < 4.78 is 8.66. The Morgan fingerprint density at radius 2 is 2.07 bits per heavy atom. The third-order valence-electron chi connectivity index (χ3n) is 9.88. The summed E-state index contributed by atoms with van der Waals surface area (Å²) in [5.74, 6) is -0.907. The standard InChI is InChI=1S/C34H44N6O5Si/c1-5-17-40-29-14-13-24(36-32(42)27-12-9-16-35-27)19-26(29)34(33(40)43)22(2)31(46(3,4)44)30(45-34)15-18-39-20-28(37-38-39)25(21-41)23-10-7-6-8-11-23/h5-8,10-11,13-14,19-20,22,25,27,30-31,35,41,44H,1,9,12,15-18,21H2,2-4H3,(H,36,42)/t22-,25?,27+,30+,31-,34+/m0/s1. The van der Waals surface area contributed by atoms with E-state index in [4.69, 9.17) is 4.74 Å². The lowest BCUT2D eigenvalue weighted by Crippen LogP contribution is -2.46. The Balaban J connectivity index is 1.29. The van der Waals surface area contributed by atoms with Gasteiger partial charge in [-0.2, -0.15) is 0 Å². The van der Waals surface area contributed by atoms with Crippen molar-refractivity contribution in [2.75, 3.05) is 29.9 Å². The molecular formula is C34H44N6O5Si. The molecule has 2 saturated heterocycles. The Morgan fingerprint density at radius 1 is 1.28 bits per heavy atom. The number of benzene rings is 2. The topological polar surface area (TPSA) is 142 Å². The molecule has 6 rings (SSSR count). The number of hydrogen-bond donors (Lipinski definition) is 4. The van der Waals surface area contributed by atoms with Crippen LogP contribution in [0.4, 0.5) is 11.4 Å². The van der Waals surface area contributed by atoms with Crippen LogP contribution in [-0.2, 0) is 26.5 Å². The minimum Gasteiger partial charge on any atom is -0.432 e. The first-order valence-corrected chi connectivity index (χ1v) is 19.2. The second-order valence-electron chi connectivity index (χ2n) is 13.3. The van der Waals surface area contributed by atoms with Crippen LogP contribution in [0.1, 0.15) is 48.9 Å². The monoisotopic (exact) mass is 644 g/mol. The molecule has 4 heterocycles. The predicted octanol–water partition coefficient (Wildman–Crippen LogP) is 3.51. The normalized spacial score (nSPS) is 26.5. The van der Waals surface area contributed by atoms with Crippen molar-refractivity contribution in [3.05, 3.63) is 84.2 Å². The number of nitrogens with zero attached hydrogens (tertiary/aromatic N) is 4. The first-order valence-electron chi connectivity index (χ1n) is 16.2. The van der Waals surface area contributed by atoms with E-state index in [1.54, 1.807) is 15.7 Å². The van der Waals surface area contributed by atoms with E-state index < -0.39 is 20.0 Å². The number of ether oxygens (including phenoxy) is 1. The molecule has 1 unspecified atom stereocenters. The van der Waals surface area contributed by atoms with Crippen LogP contribution < -0.4 is 15.5 Å². The lowest BCUT2D eigenvalue weighted by atomic mass is 9.82. The molecular weight excluding hydrogens is 600 g/mol. The second kappa shape index (κ2) is 12.8. The molecule has 2 fully saturated rings. The van der Waals surface area contributed by atoms with E-state index in [-0.39, 0.29) is 41.8 Å². The van der Waals surface area contributed by atoms with Crippen molar-refractivity contribution in [2.24, 2.45) is 5.92 Å². The van der Waals surface area contributed by atoms with Crippen molar-refractivity contribution in [1.29, 1.82) is 0 Å². The van der Waals surface area contributed by atoms with Gasteiger partial charge in [0.1, 0.15) is 0 Å². The summed E-state index contributed by atoms with van der Waals surface area (Å²) in [6, 6.07) is 15.0. The van der Waals surface area contributed by atoms with Crippen molar-refractivity contribution in [1.82, 2.24) is 20.3 Å². The van der Waals surface area contributed by atoms with Crippen molar-refractivity contribution < 1.29 is 24.2 Å². The Labute approximate surface area is 270 Å². The SMILES string of the molecule is C=CCN1C(=O)[C@]2(O[C@H](CCn3cc(C(CO)c4ccccc4)nn3)[C@@H]([Si](C)(C)O)[C@@H]2C)c2cc(NC(=O)[C@H]3CCCN3)ccc21. The molecule has 3 aliphatic heterocycles. The number of carbonyl (C=O) groups is 2. The number of amides is 2. The third kappa shape index (κ3) is 5.73. The van der Waals surface area contributed by atoms with Gasteiger partial charge >= 0.3 is 0 Å². The molecule has 1 spiro atoms. The molecule has 0 radical (unpaired) electrons. The zero-order valence-corrected chi connectivity index (χ0v) is 27.7. The van der Waals surface area contributed by atoms with E-state index in [0.29, 0.717) is 36.5 Å².